The fourth-order valence-electron chi connectivity index (χ4n) is 2.33. The molecular formula is C18H36O2. The highest BCUT2D eigenvalue weighted by Gasteiger charge is 2.03. The first kappa shape index (κ1) is 19.5. The normalized spacial score (nSPS) is 11.0. The largest absolute Gasteiger partial charge is 0.466 e. The molecule has 0 bridgehead atoms. The van der Waals surface area contributed by atoms with Crippen molar-refractivity contribution >= 4 is 5.97 Å². The zero-order chi connectivity index (χ0) is 15.1. The highest BCUT2D eigenvalue weighted by atomic mass is 16.5. The van der Waals surface area contributed by atoms with Crippen LogP contribution in [0.5, 0.6) is 0 Å². The van der Waals surface area contributed by atoms with Crippen molar-refractivity contribution in [2.24, 2.45) is 5.92 Å². The zero-order valence-electron chi connectivity index (χ0n) is 14.1. The van der Waals surface area contributed by atoms with E-state index in [-0.39, 0.29) is 5.97 Å². The van der Waals surface area contributed by atoms with Crippen LogP contribution >= 0.6 is 0 Å². The highest BCUT2D eigenvalue weighted by Crippen LogP contribution is 2.11. The van der Waals surface area contributed by atoms with Gasteiger partial charge < -0.3 is 4.74 Å². The fourth-order valence-corrected chi connectivity index (χ4v) is 2.33. The molecule has 20 heavy (non-hydrogen) atoms. The van der Waals surface area contributed by atoms with Gasteiger partial charge in [-0.3, -0.25) is 4.79 Å². The number of carbonyl (C=O) groups is 1. The summed E-state index contributed by atoms with van der Waals surface area (Å²) < 4.78 is 5.23. The second-order valence-electron chi connectivity index (χ2n) is 6.33. The number of carbonyl (C=O) groups excluding carboxylic acids is 1. The molecule has 0 rings (SSSR count). The average Bonchev–Trinajstić information content (AvgIpc) is 2.41. The van der Waals surface area contributed by atoms with Crippen molar-refractivity contribution in [3.8, 4) is 0 Å². The lowest BCUT2D eigenvalue weighted by Crippen LogP contribution is -2.06. The molecule has 0 aromatic carbocycles. The number of esters is 1. The summed E-state index contributed by atoms with van der Waals surface area (Å²) in [6.07, 6.45) is 14.4. The Hall–Kier alpha value is -0.530. The average molecular weight is 284 g/mol. The lowest BCUT2D eigenvalue weighted by Gasteiger charge is -2.06. The molecule has 0 fully saturated rings. The molecule has 0 aromatic heterocycles. The Morgan fingerprint density at radius 1 is 0.850 bits per heavy atom. The number of unbranched alkanes of at least 4 members (excludes halogenated alkanes) is 8. The minimum Gasteiger partial charge on any atom is -0.466 e. The van der Waals surface area contributed by atoms with Crippen LogP contribution in [0.4, 0.5) is 0 Å². The minimum absolute atomic E-state index is 0.00305. The predicted octanol–water partition coefficient (Wildman–Crippen LogP) is 5.89. The summed E-state index contributed by atoms with van der Waals surface area (Å²) in [7, 11) is 0. The maximum atomic E-state index is 11.5. The van der Waals surface area contributed by atoms with Crippen molar-refractivity contribution in [3.05, 3.63) is 0 Å². The van der Waals surface area contributed by atoms with Crippen LogP contribution in [0, 0.1) is 5.92 Å². The van der Waals surface area contributed by atoms with Gasteiger partial charge in [-0.15, -0.1) is 0 Å². The Morgan fingerprint density at radius 2 is 1.40 bits per heavy atom. The van der Waals surface area contributed by atoms with Crippen LogP contribution in [0.25, 0.3) is 0 Å². The van der Waals surface area contributed by atoms with Crippen molar-refractivity contribution in [2.75, 3.05) is 6.61 Å². The molecule has 0 radical (unpaired) electrons. The summed E-state index contributed by atoms with van der Waals surface area (Å²) in [6.45, 7) is 7.25. The van der Waals surface area contributed by atoms with Gasteiger partial charge in [0.2, 0.25) is 0 Å². The summed E-state index contributed by atoms with van der Waals surface area (Å²) in [5, 5.41) is 0. The van der Waals surface area contributed by atoms with Crippen molar-refractivity contribution in [1.29, 1.82) is 0 Å². The predicted molar refractivity (Wildman–Crippen MR) is 86.9 cm³/mol. The Kier molecular flexibility index (Phi) is 14.5. The Morgan fingerprint density at radius 3 is 1.95 bits per heavy atom. The SMILES string of the molecule is CCCCCCCCCCCC(=O)OCCCC(C)C. The third-order valence-electron chi connectivity index (χ3n) is 3.67. The van der Waals surface area contributed by atoms with Gasteiger partial charge >= 0.3 is 5.97 Å². The van der Waals surface area contributed by atoms with E-state index in [1.807, 2.05) is 0 Å². The summed E-state index contributed by atoms with van der Waals surface area (Å²) >= 11 is 0. The van der Waals surface area contributed by atoms with Crippen molar-refractivity contribution in [3.63, 3.8) is 0 Å². The molecule has 0 aliphatic carbocycles. The smallest absolute Gasteiger partial charge is 0.305 e. The van der Waals surface area contributed by atoms with E-state index in [1.54, 1.807) is 0 Å². The Balaban J connectivity index is 3.15. The van der Waals surface area contributed by atoms with E-state index < -0.39 is 0 Å². The van der Waals surface area contributed by atoms with Crippen LogP contribution in [-0.2, 0) is 9.53 Å². The van der Waals surface area contributed by atoms with E-state index in [2.05, 4.69) is 20.8 Å². The van der Waals surface area contributed by atoms with Crippen molar-refractivity contribution < 1.29 is 9.53 Å². The third kappa shape index (κ3) is 15.5. The number of hydrogen-bond acceptors (Lipinski definition) is 2. The monoisotopic (exact) mass is 284 g/mol. The van der Waals surface area contributed by atoms with Crippen LogP contribution in [0.1, 0.15) is 97.8 Å². The minimum atomic E-state index is -0.00305. The van der Waals surface area contributed by atoms with E-state index in [0.29, 0.717) is 18.9 Å². The second-order valence-corrected chi connectivity index (χ2v) is 6.33. The first-order chi connectivity index (χ1) is 9.66. The second kappa shape index (κ2) is 14.9. The Bertz CT molecular complexity index is 211. The van der Waals surface area contributed by atoms with Crippen molar-refractivity contribution in [1.82, 2.24) is 0 Å². The molecule has 0 spiro atoms. The van der Waals surface area contributed by atoms with E-state index in [1.165, 1.54) is 51.4 Å². The van der Waals surface area contributed by atoms with Crippen LogP contribution in [0.2, 0.25) is 0 Å². The molecule has 0 N–H and O–H groups in total. The van der Waals surface area contributed by atoms with Crippen LogP contribution in [0.15, 0.2) is 0 Å². The fraction of sp³-hybridized carbons (Fsp3) is 0.944. The van der Waals surface area contributed by atoms with Crippen LogP contribution in [-0.4, -0.2) is 12.6 Å². The third-order valence-corrected chi connectivity index (χ3v) is 3.67. The molecule has 0 saturated carbocycles. The lowest BCUT2D eigenvalue weighted by atomic mass is 10.1. The molecule has 0 amide bonds. The van der Waals surface area contributed by atoms with Crippen molar-refractivity contribution in [2.45, 2.75) is 97.8 Å². The maximum absolute atomic E-state index is 11.5. The maximum Gasteiger partial charge on any atom is 0.305 e. The standard InChI is InChI=1S/C18H36O2/c1-4-5-6-7-8-9-10-11-12-15-18(19)20-16-13-14-17(2)3/h17H,4-16H2,1-3H3. The van der Waals surface area contributed by atoms with Gasteiger partial charge in [0.25, 0.3) is 0 Å². The van der Waals surface area contributed by atoms with Crippen LogP contribution in [0.3, 0.4) is 0 Å². The van der Waals surface area contributed by atoms with E-state index in [9.17, 15) is 4.79 Å². The van der Waals surface area contributed by atoms with Gasteiger partial charge in [0.05, 0.1) is 6.61 Å². The molecular weight excluding hydrogens is 248 g/mol. The molecule has 0 aliphatic rings. The van der Waals surface area contributed by atoms with Gasteiger partial charge in [-0.1, -0.05) is 72.1 Å². The number of rotatable bonds is 14. The summed E-state index contributed by atoms with van der Waals surface area (Å²) in [6, 6.07) is 0. The van der Waals surface area contributed by atoms with Gasteiger partial charge in [0, 0.05) is 6.42 Å². The number of ether oxygens (including phenoxy) is 1. The van der Waals surface area contributed by atoms with Gasteiger partial charge in [0.15, 0.2) is 0 Å². The first-order valence-corrected chi connectivity index (χ1v) is 8.82. The van der Waals surface area contributed by atoms with Crippen LogP contribution < -0.4 is 0 Å². The van der Waals surface area contributed by atoms with Gasteiger partial charge in [0.1, 0.15) is 0 Å². The molecule has 0 atom stereocenters. The molecule has 0 unspecified atom stereocenters. The molecule has 2 heteroatoms. The van der Waals surface area contributed by atoms with E-state index >= 15 is 0 Å². The quantitative estimate of drug-likeness (QED) is 0.294. The zero-order valence-corrected chi connectivity index (χ0v) is 14.1. The highest BCUT2D eigenvalue weighted by molar-refractivity contribution is 5.69. The van der Waals surface area contributed by atoms with Gasteiger partial charge in [-0.2, -0.15) is 0 Å². The summed E-state index contributed by atoms with van der Waals surface area (Å²) in [4.78, 5) is 11.5. The summed E-state index contributed by atoms with van der Waals surface area (Å²) in [5.74, 6) is 0.697. The molecule has 0 heterocycles. The first-order valence-electron chi connectivity index (χ1n) is 8.82. The Labute approximate surface area is 126 Å². The molecule has 0 saturated heterocycles. The molecule has 2 nitrogen and oxygen atoms in total. The lowest BCUT2D eigenvalue weighted by molar-refractivity contribution is -0.143. The van der Waals surface area contributed by atoms with E-state index in [0.717, 1.165) is 19.3 Å². The van der Waals surface area contributed by atoms with Gasteiger partial charge in [-0.05, 0) is 25.2 Å². The molecule has 0 aromatic rings. The topological polar surface area (TPSA) is 26.3 Å². The van der Waals surface area contributed by atoms with Gasteiger partial charge in [-0.25, -0.2) is 0 Å². The molecule has 120 valence electrons. The molecule has 0 aliphatic heterocycles. The summed E-state index contributed by atoms with van der Waals surface area (Å²) in [5.41, 5.74) is 0. The number of hydrogen-bond donors (Lipinski definition) is 0. The van der Waals surface area contributed by atoms with E-state index in [4.69, 9.17) is 4.74 Å².